The van der Waals surface area contributed by atoms with E-state index < -0.39 is 5.97 Å². The fraction of sp³-hybridized carbons (Fsp3) is 0.0556. The predicted octanol–water partition coefficient (Wildman–Crippen LogP) is 3.31. The zero-order chi connectivity index (χ0) is 19.2. The number of carbonyl (C=O) groups excluding carboxylic acids is 2. The van der Waals surface area contributed by atoms with E-state index in [9.17, 15) is 9.59 Å². The highest BCUT2D eigenvalue weighted by molar-refractivity contribution is 6.33. The second-order valence-electron chi connectivity index (χ2n) is 5.31. The first-order chi connectivity index (χ1) is 13.1. The first kappa shape index (κ1) is 18.3. The Hall–Kier alpha value is -3.52. The van der Waals surface area contributed by atoms with E-state index in [1.165, 1.54) is 13.3 Å². The molecule has 3 aromatic rings. The van der Waals surface area contributed by atoms with Crippen LogP contribution in [-0.2, 0) is 4.74 Å². The second kappa shape index (κ2) is 8.24. The van der Waals surface area contributed by atoms with Crippen LogP contribution in [-0.4, -0.2) is 34.2 Å². The highest BCUT2D eigenvalue weighted by Gasteiger charge is 2.11. The second-order valence-corrected chi connectivity index (χ2v) is 5.72. The molecular formula is C18H14ClN5O3. The highest BCUT2D eigenvalue weighted by Crippen LogP contribution is 2.26. The van der Waals surface area contributed by atoms with Crippen molar-refractivity contribution in [3.63, 3.8) is 0 Å². The summed E-state index contributed by atoms with van der Waals surface area (Å²) >= 11 is 6.14. The monoisotopic (exact) mass is 383 g/mol. The molecule has 0 aliphatic carbocycles. The average molecular weight is 384 g/mol. The van der Waals surface area contributed by atoms with Crippen LogP contribution in [0.5, 0.6) is 0 Å². The van der Waals surface area contributed by atoms with Gasteiger partial charge in [0.15, 0.2) is 11.6 Å². The number of pyridine rings is 1. The number of nitrogens with zero attached hydrogens (tertiary/aromatic N) is 3. The van der Waals surface area contributed by atoms with Crippen LogP contribution in [0, 0.1) is 0 Å². The topological polar surface area (TPSA) is 106 Å². The minimum absolute atomic E-state index is 0.281. The van der Waals surface area contributed by atoms with E-state index in [1.54, 1.807) is 48.7 Å². The molecule has 0 spiro atoms. The molecule has 136 valence electrons. The van der Waals surface area contributed by atoms with Crippen molar-refractivity contribution in [1.29, 1.82) is 0 Å². The number of carbonyl (C=O) groups is 2. The molecule has 2 N–H and O–H groups in total. The Morgan fingerprint density at radius 3 is 2.48 bits per heavy atom. The van der Waals surface area contributed by atoms with Gasteiger partial charge in [-0.05, 0) is 42.5 Å². The first-order valence-corrected chi connectivity index (χ1v) is 8.14. The molecular weight excluding hydrogens is 370 g/mol. The Labute approximate surface area is 159 Å². The lowest BCUT2D eigenvalue weighted by molar-refractivity contribution is 0.0600. The van der Waals surface area contributed by atoms with Gasteiger partial charge in [-0.3, -0.25) is 9.78 Å². The molecule has 0 atom stereocenters. The maximum Gasteiger partial charge on any atom is 0.337 e. The zero-order valence-electron chi connectivity index (χ0n) is 14.1. The van der Waals surface area contributed by atoms with Gasteiger partial charge in [0.25, 0.3) is 5.91 Å². The number of anilines is 3. The van der Waals surface area contributed by atoms with Crippen molar-refractivity contribution in [3.8, 4) is 0 Å². The number of halogens is 1. The molecule has 2 aromatic heterocycles. The maximum absolute atomic E-state index is 12.1. The molecule has 1 aromatic carbocycles. The van der Waals surface area contributed by atoms with Crippen LogP contribution >= 0.6 is 11.6 Å². The lowest BCUT2D eigenvalue weighted by Gasteiger charge is -2.09. The van der Waals surface area contributed by atoms with E-state index in [4.69, 9.17) is 11.6 Å². The van der Waals surface area contributed by atoms with Crippen molar-refractivity contribution < 1.29 is 14.3 Å². The quantitative estimate of drug-likeness (QED) is 0.651. The molecule has 2 heterocycles. The van der Waals surface area contributed by atoms with Gasteiger partial charge in [-0.15, -0.1) is 10.2 Å². The molecule has 1 amide bonds. The summed E-state index contributed by atoms with van der Waals surface area (Å²) in [4.78, 5) is 27.6. The number of hydrogen-bond acceptors (Lipinski definition) is 7. The van der Waals surface area contributed by atoms with Crippen LogP contribution in [0.2, 0.25) is 5.02 Å². The van der Waals surface area contributed by atoms with Crippen LogP contribution in [0.4, 0.5) is 17.3 Å². The van der Waals surface area contributed by atoms with Crippen LogP contribution in [0.1, 0.15) is 20.7 Å². The molecule has 8 nitrogen and oxygen atoms in total. The van der Waals surface area contributed by atoms with Crippen molar-refractivity contribution in [3.05, 3.63) is 71.0 Å². The summed E-state index contributed by atoms with van der Waals surface area (Å²) in [6.07, 6.45) is 3.03. The average Bonchev–Trinajstić information content (AvgIpc) is 2.71. The Balaban J connectivity index is 1.71. The van der Waals surface area contributed by atoms with E-state index in [0.717, 1.165) is 0 Å². The van der Waals surface area contributed by atoms with E-state index in [2.05, 4.69) is 30.6 Å². The third-order valence-corrected chi connectivity index (χ3v) is 3.81. The minimum atomic E-state index is -0.478. The normalized spacial score (nSPS) is 10.1. The zero-order valence-corrected chi connectivity index (χ0v) is 14.9. The van der Waals surface area contributed by atoms with Crippen molar-refractivity contribution >= 4 is 40.8 Å². The van der Waals surface area contributed by atoms with E-state index >= 15 is 0 Å². The minimum Gasteiger partial charge on any atom is -0.465 e. The van der Waals surface area contributed by atoms with Crippen LogP contribution in [0.25, 0.3) is 0 Å². The van der Waals surface area contributed by atoms with E-state index in [0.29, 0.717) is 27.7 Å². The van der Waals surface area contributed by atoms with Crippen molar-refractivity contribution in [1.82, 2.24) is 15.2 Å². The van der Waals surface area contributed by atoms with Gasteiger partial charge in [0.1, 0.15) is 0 Å². The predicted molar refractivity (Wildman–Crippen MR) is 100 cm³/mol. The lowest BCUT2D eigenvalue weighted by Crippen LogP contribution is -2.13. The van der Waals surface area contributed by atoms with Crippen molar-refractivity contribution in [2.45, 2.75) is 0 Å². The van der Waals surface area contributed by atoms with Gasteiger partial charge in [-0.1, -0.05) is 11.6 Å². The number of methoxy groups -OCH3 is 1. The Morgan fingerprint density at radius 2 is 1.81 bits per heavy atom. The summed E-state index contributed by atoms with van der Waals surface area (Å²) in [5.74, 6) is -0.150. The number of nitrogens with one attached hydrogen (secondary N) is 2. The number of hydrogen-bond donors (Lipinski definition) is 2. The molecule has 0 radical (unpaired) electrons. The van der Waals surface area contributed by atoms with Gasteiger partial charge in [0.2, 0.25) is 0 Å². The largest absolute Gasteiger partial charge is 0.465 e. The first-order valence-electron chi connectivity index (χ1n) is 7.77. The lowest BCUT2D eigenvalue weighted by atomic mass is 10.2. The van der Waals surface area contributed by atoms with Gasteiger partial charge < -0.3 is 15.4 Å². The molecule has 0 saturated carbocycles. The molecule has 0 aliphatic rings. The van der Waals surface area contributed by atoms with Crippen LogP contribution in [0.3, 0.4) is 0 Å². The molecule has 27 heavy (non-hydrogen) atoms. The van der Waals surface area contributed by atoms with Crippen LogP contribution in [0.15, 0.2) is 54.9 Å². The smallest absolute Gasteiger partial charge is 0.337 e. The number of benzene rings is 1. The standard InChI is InChI=1S/C18H14ClN5O3/c1-27-18(26)11-4-5-13(19)14(9-11)21-15-6-7-16(24-23-15)22-17(25)12-3-2-8-20-10-12/h2-10H,1H3,(H,21,23)(H,22,24,25). The van der Waals surface area contributed by atoms with Gasteiger partial charge in [-0.25, -0.2) is 4.79 Å². The Kier molecular flexibility index (Phi) is 5.58. The van der Waals surface area contributed by atoms with Crippen molar-refractivity contribution in [2.75, 3.05) is 17.7 Å². The summed E-state index contributed by atoms with van der Waals surface area (Å²) in [5.41, 5.74) is 1.23. The molecule has 0 unspecified atom stereocenters. The highest BCUT2D eigenvalue weighted by atomic mass is 35.5. The van der Waals surface area contributed by atoms with Gasteiger partial charge in [-0.2, -0.15) is 0 Å². The summed E-state index contributed by atoms with van der Waals surface area (Å²) in [6.45, 7) is 0. The third kappa shape index (κ3) is 4.56. The van der Waals surface area contributed by atoms with Crippen LogP contribution < -0.4 is 10.6 Å². The Bertz CT molecular complexity index is 964. The third-order valence-electron chi connectivity index (χ3n) is 3.48. The maximum atomic E-state index is 12.1. The summed E-state index contributed by atoms with van der Waals surface area (Å²) in [6, 6.07) is 11.2. The molecule has 0 bridgehead atoms. The fourth-order valence-electron chi connectivity index (χ4n) is 2.16. The Morgan fingerprint density at radius 1 is 1.04 bits per heavy atom. The molecule has 3 rings (SSSR count). The van der Waals surface area contributed by atoms with E-state index in [1.807, 2.05) is 0 Å². The molecule has 0 fully saturated rings. The number of esters is 1. The summed E-state index contributed by atoms with van der Waals surface area (Å²) in [5, 5.41) is 13.9. The number of aromatic nitrogens is 3. The van der Waals surface area contributed by atoms with Crippen molar-refractivity contribution in [2.24, 2.45) is 0 Å². The summed E-state index contributed by atoms with van der Waals surface area (Å²) < 4.78 is 4.69. The number of rotatable bonds is 5. The number of ether oxygens (including phenoxy) is 1. The van der Waals surface area contributed by atoms with Gasteiger partial charge in [0.05, 0.1) is 28.9 Å². The van der Waals surface area contributed by atoms with E-state index in [-0.39, 0.29) is 11.7 Å². The number of amides is 1. The summed E-state index contributed by atoms with van der Waals surface area (Å²) in [7, 11) is 1.30. The fourth-order valence-corrected chi connectivity index (χ4v) is 2.32. The van der Waals surface area contributed by atoms with Gasteiger partial charge in [0, 0.05) is 12.4 Å². The molecule has 9 heteroatoms. The SMILES string of the molecule is COC(=O)c1ccc(Cl)c(Nc2ccc(NC(=O)c3cccnc3)nn2)c1. The van der Waals surface area contributed by atoms with Gasteiger partial charge >= 0.3 is 5.97 Å². The molecule has 0 aliphatic heterocycles. The molecule has 0 saturated heterocycles.